The molecule has 0 fully saturated rings. The van der Waals surface area contributed by atoms with Crippen molar-refractivity contribution in [1.82, 2.24) is 14.6 Å². The molecular weight excluding hydrogens is 322 g/mol. The normalized spacial score (nSPS) is 11.4. The summed E-state index contributed by atoms with van der Waals surface area (Å²) in [6, 6.07) is 3.01. The smallest absolute Gasteiger partial charge is 0.267 e. The number of aromatic nitrogens is 3. The average molecular weight is 336 g/mol. The zero-order valence-electron chi connectivity index (χ0n) is 12.7. The quantitative estimate of drug-likeness (QED) is 0.792. The van der Waals surface area contributed by atoms with Gasteiger partial charge in [-0.3, -0.25) is 9.20 Å². The van der Waals surface area contributed by atoms with E-state index in [1.54, 1.807) is 6.92 Å². The molecule has 0 spiro atoms. The Morgan fingerprint density at radius 2 is 2.04 bits per heavy atom. The molecular formula is C15H14F2N4OS. The number of aryl methyl sites for hydroxylation is 1. The van der Waals surface area contributed by atoms with Crippen molar-refractivity contribution in [2.75, 3.05) is 5.32 Å². The molecule has 1 N–H and O–H groups in total. The van der Waals surface area contributed by atoms with Crippen LogP contribution in [0, 0.1) is 18.6 Å². The molecule has 0 aliphatic rings. The number of hydrogen-bond acceptors (Lipinski definition) is 4. The molecule has 120 valence electrons. The first kappa shape index (κ1) is 15.5. The first-order valence-electron chi connectivity index (χ1n) is 6.99. The zero-order valence-corrected chi connectivity index (χ0v) is 13.5. The highest BCUT2D eigenvalue weighted by molar-refractivity contribution is 7.19. The van der Waals surface area contributed by atoms with Crippen molar-refractivity contribution in [2.24, 2.45) is 0 Å². The molecule has 3 aromatic rings. The number of carbonyl (C=O) groups is 1. The first-order valence-corrected chi connectivity index (χ1v) is 7.81. The number of nitrogens with zero attached hydrogens (tertiary/aromatic N) is 3. The molecule has 0 radical (unpaired) electrons. The van der Waals surface area contributed by atoms with Crippen LogP contribution in [-0.4, -0.2) is 20.5 Å². The lowest BCUT2D eigenvalue weighted by molar-refractivity contribution is 0.102. The second-order valence-corrected chi connectivity index (χ2v) is 6.40. The van der Waals surface area contributed by atoms with Crippen molar-refractivity contribution >= 4 is 27.9 Å². The van der Waals surface area contributed by atoms with Gasteiger partial charge in [0.15, 0.2) is 0 Å². The largest absolute Gasteiger partial charge is 0.319 e. The number of thiazole rings is 1. The van der Waals surface area contributed by atoms with Gasteiger partial charge in [0.05, 0.1) is 5.69 Å². The number of halogens is 2. The van der Waals surface area contributed by atoms with Gasteiger partial charge in [0.25, 0.3) is 5.91 Å². The second kappa shape index (κ2) is 5.69. The zero-order chi connectivity index (χ0) is 16.7. The summed E-state index contributed by atoms with van der Waals surface area (Å²) in [7, 11) is 0. The lowest BCUT2D eigenvalue weighted by Crippen LogP contribution is -2.13. The van der Waals surface area contributed by atoms with E-state index in [1.807, 2.05) is 18.2 Å². The van der Waals surface area contributed by atoms with Gasteiger partial charge in [-0.15, -0.1) is 10.2 Å². The first-order chi connectivity index (χ1) is 10.9. The van der Waals surface area contributed by atoms with E-state index in [0.29, 0.717) is 15.5 Å². The topological polar surface area (TPSA) is 59.3 Å². The molecule has 3 rings (SSSR count). The summed E-state index contributed by atoms with van der Waals surface area (Å²) in [6.07, 6.45) is 0. The molecule has 1 amide bonds. The Balaban J connectivity index is 1.96. The lowest BCUT2D eigenvalue weighted by atomic mass is 10.2. The van der Waals surface area contributed by atoms with Crippen LogP contribution in [0.5, 0.6) is 0 Å². The van der Waals surface area contributed by atoms with Crippen molar-refractivity contribution in [3.63, 3.8) is 0 Å². The number of benzene rings is 1. The third-order valence-electron chi connectivity index (χ3n) is 3.42. The molecule has 0 saturated heterocycles. The van der Waals surface area contributed by atoms with Gasteiger partial charge in [0.1, 0.15) is 22.3 Å². The molecule has 0 atom stereocenters. The van der Waals surface area contributed by atoms with Crippen LogP contribution in [0.25, 0.3) is 4.96 Å². The summed E-state index contributed by atoms with van der Waals surface area (Å²) in [5.74, 6) is -1.05. The number of anilines is 1. The van der Waals surface area contributed by atoms with Gasteiger partial charge < -0.3 is 5.32 Å². The molecule has 23 heavy (non-hydrogen) atoms. The van der Waals surface area contributed by atoms with E-state index in [-0.39, 0.29) is 11.6 Å². The van der Waals surface area contributed by atoms with E-state index in [9.17, 15) is 13.6 Å². The number of rotatable bonds is 3. The molecule has 2 aromatic heterocycles. The van der Waals surface area contributed by atoms with E-state index < -0.39 is 17.5 Å². The number of nitrogens with one attached hydrogen (secondary N) is 1. The summed E-state index contributed by atoms with van der Waals surface area (Å²) in [5.41, 5.74) is 0.628. The third-order valence-corrected chi connectivity index (χ3v) is 4.55. The molecule has 0 bridgehead atoms. The van der Waals surface area contributed by atoms with Crippen molar-refractivity contribution < 1.29 is 13.6 Å². The number of carbonyl (C=O) groups excluding carboxylic acids is 1. The van der Waals surface area contributed by atoms with Crippen molar-refractivity contribution in [1.29, 1.82) is 0 Å². The van der Waals surface area contributed by atoms with E-state index in [4.69, 9.17) is 0 Å². The fourth-order valence-electron chi connectivity index (χ4n) is 2.28. The van der Waals surface area contributed by atoms with E-state index in [2.05, 4.69) is 15.5 Å². The maximum Gasteiger partial charge on any atom is 0.267 e. The Labute approximate surface area is 135 Å². The van der Waals surface area contributed by atoms with Gasteiger partial charge >= 0.3 is 0 Å². The van der Waals surface area contributed by atoms with Gasteiger partial charge in [-0.2, -0.15) is 0 Å². The van der Waals surface area contributed by atoms with Crippen LogP contribution in [0.3, 0.4) is 0 Å². The highest BCUT2D eigenvalue weighted by Crippen LogP contribution is 2.27. The predicted molar refractivity (Wildman–Crippen MR) is 84.0 cm³/mol. The van der Waals surface area contributed by atoms with Gasteiger partial charge in [-0.05, 0) is 19.1 Å². The van der Waals surface area contributed by atoms with Crippen LogP contribution < -0.4 is 5.32 Å². The Morgan fingerprint density at radius 1 is 1.30 bits per heavy atom. The van der Waals surface area contributed by atoms with E-state index in [1.165, 1.54) is 17.4 Å². The summed E-state index contributed by atoms with van der Waals surface area (Å²) in [6.45, 7) is 5.76. The lowest BCUT2D eigenvalue weighted by Gasteiger charge is -2.06. The Bertz CT molecular complexity index is 900. The van der Waals surface area contributed by atoms with Crippen LogP contribution in [0.1, 0.15) is 41.0 Å². The molecule has 0 unspecified atom stereocenters. The fraction of sp³-hybridized carbons (Fsp3) is 0.267. The molecule has 2 heterocycles. The monoisotopic (exact) mass is 336 g/mol. The Morgan fingerprint density at radius 3 is 2.70 bits per heavy atom. The van der Waals surface area contributed by atoms with Crippen LogP contribution in [0.2, 0.25) is 0 Å². The van der Waals surface area contributed by atoms with Gasteiger partial charge in [0.2, 0.25) is 4.96 Å². The fourth-order valence-corrected chi connectivity index (χ4v) is 3.25. The predicted octanol–water partition coefficient (Wildman–Crippen LogP) is 3.75. The molecule has 5 nitrogen and oxygen atoms in total. The van der Waals surface area contributed by atoms with E-state index in [0.717, 1.165) is 18.0 Å². The second-order valence-electron chi connectivity index (χ2n) is 5.43. The Kier molecular flexibility index (Phi) is 3.85. The minimum Gasteiger partial charge on any atom is -0.319 e. The molecule has 0 saturated carbocycles. The molecule has 0 aliphatic carbocycles. The highest BCUT2D eigenvalue weighted by atomic mass is 32.1. The van der Waals surface area contributed by atoms with Crippen LogP contribution in [0.15, 0.2) is 18.2 Å². The summed E-state index contributed by atoms with van der Waals surface area (Å²) < 4.78 is 28.4. The average Bonchev–Trinajstić information content (AvgIpc) is 3.03. The summed E-state index contributed by atoms with van der Waals surface area (Å²) >= 11 is 1.18. The maximum atomic E-state index is 13.7. The van der Waals surface area contributed by atoms with E-state index >= 15 is 0 Å². The minimum absolute atomic E-state index is 0.0657. The van der Waals surface area contributed by atoms with Crippen LogP contribution in [0.4, 0.5) is 14.5 Å². The van der Waals surface area contributed by atoms with Crippen LogP contribution >= 0.6 is 11.3 Å². The SMILES string of the molecule is Cc1c(C(=O)Nc2ccc(F)cc2F)sc2nnc(C(C)C)n12. The van der Waals surface area contributed by atoms with Gasteiger partial charge in [-0.25, -0.2) is 8.78 Å². The summed E-state index contributed by atoms with van der Waals surface area (Å²) in [5, 5.41) is 10.6. The maximum absolute atomic E-state index is 13.7. The number of amides is 1. The number of fused-ring (bicyclic) bond motifs is 1. The number of hydrogen-bond donors (Lipinski definition) is 1. The molecule has 0 aliphatic heterocycles. The third kappa shape index (κ3) is 2.70. The van der Waals surface area contributed by atoms with Gasteiger partial charge in [-0.1, -0.05) is 25.2 Å². The standard InChI is InChI=1S/C15H14F2N4OS/c1-7(2)13-19-20-15-21(13)8(3)12(23-15)14(22)18-11-5-4-9(16)6-10(11)17/h4-7H,1-3H3,(H,18,22). The van der Waals surface area contributed by atoms with Crippen molar-refractivity contribution in [3.05, 3.63) is 46.2 Å². The Hall–Kier alpha value is -2.35. The van der Waals surface area contributed by atoms with Gasteiger partial charge in [0, 0.05) is 17.7 Å². The summed E-state index contributed by atoms with van der Waals surface area (Å²) in [4.78, 5) is 13.4. The molecule has 8 heteroatoms. The van der Waals surface area contributed by atoms with Crippen molar-refractivity contribution in [2.45, 2.75) is 26.7 Å². The van der Waals surface area contributed by atoms with Crippen LogP contribution in [-0.2, 0) is 0 Å². The van der Waals surface area contributed by atoms with Crippen molar-refractivity contribution in [3.8, 4) is 0 Å². The minimum atomic E-state index is -0.818. The highest BCUT2D eigenvalue weighted by Gasteiger charge is 2.21. The molecule has 1 aromatic carbocycles.